The minimum Gasteiger partial charge on any atom is -0.481 e. The zero-order valence-electron chi connectivity index (χ0n) is 12.8. The number of rotatable bonds is 6. The molecule has 6 nitrogen and oxygen atoms in total. The summed E-state index contributed by atoms with van der Waals surface area (Å²) in [4.78, 5) is 11.7. The molecule has 1 aromatic rings. The maximum atomic E-state index is 11.7. The Morgan fingerprint density at radius 2 is 2.10 bits per heavy atom. The summed E-state index contributed by atoms with van der Waals surface area (Å²) in [5.41, 5.74) is -0.762. The number of hydrogen-bond donors (Lipinski definition) is 1. The lowest BCUT2D eigenvalue weighted by molar-refractivity contribution is -0.150. The van der Waals surface area contributed by atoms with E-state index in [-0.39, 0.29) is 0 Å². The predicted octanol–water partition coefficient (Wildman–Crippen LogP) is 2.47. The summed E-state index contributed by atoms with van der Waals surface area (Å²) in [6.45, 7) is 4.24. The van der Waals surface area contributed by atoms with Crippen LogP contribution < -0.4 is 0 Å². The Kier molecular flexibility index (Phi) is 3.71. The third-order valence-electron chi connectivity index (χ3n) is 5.89. The number of carboxylic acids is 1. The molecule has 0 amide bonds. The maximum absolute atomic E-state index is 11.7. The summed E-state index contributed by atoms with van der Waals surface area (Å²) < 4.78 is 1.77. The lowest BCUT2D eigenvalue weighted by atomic mass is 9.82. The third-order valence-corrected chi connectivity index (χ3v) is 5.89. The Balaban J connectivity index is 1.84. The number of carboxylic acid groups (broad SMARTS) is 1. The molecular formula is C15H24N4O2. The van der Waals surface area contributed by atoms with Crippen molar-refractivity contribution in [3.05, 3.63) is 5.82 Å². The average molecular weight is 292 g/mol. The van der Waals surface area contributed by atoms with Gasteiger partial charge in [0, 0.05) is 5.92 Å². The number of tetrazole rings is 1. The second-order valence-electron chi connectivity index (χ2n) is 6.77. The predicted molar refractivity (Wildman–Crippen MR) is 76.7 cm³/mol. The first kappa shape index (κ1) is 14.5. The van der Waals surface area contributed by atoms with Crippen LogP contribution in [0, 0.1) is 17.3 Å². The highest BCUT2D eigenvalue weighted by molar-refractivity contribution is 5.74. The fraction of sp³-hybridized carbons (Fsp3) is 0.867. The third kappa shape index (κ3) is 2.34. The van der Waals surface area contributed by atoms with Crippen LogP contribution in [-0.2, 0) is 11.3 Å². The molecule has 2 fully saturated rings. The van der Waals surface area contributed by atoms with Crippen LogP contribution in [0.5, 0.6) is 0 Å². The molecule has 0 aliphatic heterocycles. The van der Waals surface area contributed by atoms with Crippen LogP contribution >= 0.6 is 0 Å². The van der Waals surface area contributed by atoms with Gasteiger partial charge in [-0.3, -0.25) is 4.79 Å². The normalized spacial score (nSPS) is 28.2. The van der Waals surface area contributed by atoms with E-state index >= 15 is 0 Å². The van der Waals surface area contributed by atoms with E-state index in [4.69, 9.17) is 0 Å². The van der Waals surface area contributed by atoms with Crippen LogP contribution in [0.4, 0.5) is 0 Å². The van der Waals surface area contributed by atoms with Crippen molar-refractivity contribution in [2.75, 3.05) is 0 Å². The number of aliphatic carboxylic acids is 1. The summed E-state index contributed by atoms with van der Waals surface area (Å²) in [5.74, 6) is 2.12. The van der Waals surface area contributed by atoms with Crippen molar-refractivity contribution in [3.63, 3.8) is 0 Å². The molecule has 0 spiro atoms. The Morgan fingerprint density at radius 1 is 1.33 bits per heavy atom. The zero-order chi connectivity index (χ0) is 15.0. The molecule has 0 saturated heterocycles. The molecule has 0 aromatic carbocycles. The zero-order valence-corrected chi connectivity index (χ0v) is 12.8. The molecule has 2 aliphatic carbocycles. The highest BCUT2D eigenvalue weighted by Crippen LogP contribution is 2.52. The molecule has 1 aromatic heterocycles. The van der Waals surface area contributed by atoms with Crippen LogP contribution in [-0.4, -0.2) is 31.3 Å². The SMILES string of the molecule is CCC(CC)(Cn1nnnc1C1CC2CCC1C2)C(=O)O. The van der Waals surface area contributed by atoms with Gasteiger partial charge < -0.3 is 5.11 Å². The molecule has 3 unspecified atom stereocenters. The second-order valence-corrected chi connectivity index (χ2v) is 6.77. The van der Waals surface area contributed by atoms with Crippen LogP contribution in [0.3, 0.4) is 0 Å². The Labute approximate surface area is 124 Å². The smallest absolute Gasteiger partial charge is 0.311 e. The van der Waals surface area contributed by atoms with Crippen LogP contribution in [0.2, 0.25) is 0 Å². The number of fused-ring (bicyclic) bond motifs is 2. The van der Waals surface area contributed by atoms with Gasteiger partial charge in [0.05, 0.1) is 12.0 Å². The fourth-order valence-electron chi connectivity index (χ4n) is 4.28. The standard InChI is InChI=1S/C15H24N4O2/c1-3-15(4-2,14(20)21)9-19-13(16-17-18-19)12-8-10-5-6-11(12)7-10/h10-12H,3-9H2,1-2H3,(H,20,21). The van der Waals surface area contributed by atoms with Crippen LogP contribution in [0.25, 0.3) is 0 Å². The molecule has 1 heterocycles. The fourth-order valence-corrected chi connectivity index (χ4v) is 4.28. The van der Waals surface area contributed by atoms with Gasteiger partial charge in [-0.1, -0.05) is 20.3 Å². The summed E-state index contributed by atoms with van der Waals surface area (Å²) in [5, 5.41) is 21.8. The van der Waals surface area contributed by atoms with Crippen molar-refractivity contribution in [3.8, 4) is 0 Å². The second kappa shape index (κ2) is 5.39. The molecule has 21 heavy (non-hydrogen) atoms. The average Bonchev–Trinajstić information content (AvgIpc) is 3.20. The largest absolute Gasteiger partial charge is 0.481 e. The van der Waals surface area contributed by atoms with Gasteiger partial charge in [0.1, 0.15) is 0 Å². The number of aromatic nitrogens is 4. The summed E-state index contributed by atoms with van der Waals surface area (Å²) in [6, 6.07) is 0. The van der Waals surface area contributed by atoms with Crippen molar-refractivity contribution in [1.29, 1.82) is 0 Å². The molecular weight excluding hydrogens is 268 g/mol. The minimum atomic E-state index is -0.762. The van der Waals surface area contributed by atoms with E-state index in [1.54, 1.807) is 4.68 Å². The van der Waals surface area contributed by atoms with Gasteiger partial charge in [0.25, 0.3) is 0 Å². The molecule has 2 aliphatic rings. The first-order valence-electron chi connectivity index (χ1n) is 8.09. The molecule has 0 radical (unpaired) electrons. The van der Waals surface area contributed by atoms with E-state index in [9.17, 15) is 9.90 Å². The topological polar surface area (TPSA) is 80.9 Å². The molecule has 2 saturated carbocycles. The first-order chi connectivity index (χ1) is 10.1. The molecule has 116 valence electrons. The van der Waals surface area contributed by atoms with Gasteiger partial charge in [-0.2, -0.15) is 0 Å². The molecule has 2 bridgehead atoms. The lowest BCUT2D eigenvalue weighted by Gasteiger charge is -2.28. The van der Waals surface area contributed by atoms with Crippen LogP contribution in [0.15, 0.2) is 0 Å². The van der Waals surface area contributed by atoms with Crippen molar-refractivity contribution < 1.29 is 9.90 Å². The molecule has 6 heteroatoms. The summed E-state index contributed by atoms with van der Waals surface area (Å²) in [7, 11) is 0. The van der Waals surface area contributed by atoms with E-state index in [0.29, 0.717) is 31.2 Å². The Hall–Kier alpha value is -1.46. The summed E-state index contributed by atoms with van der Waals surface area (Å²) in [6.07, 6.45) is 6.26. The van der Waals surface area contributed by atoms with Crippen molar-refractivity contribution in [1.82, 2.24) is 20.2 Å². The van der Waals surface area contributed by atoms with E-state index in [0.717, 1.165) is 11.7 Å². The molecule has 3 atom stereocenters. The Morgan fingerprint density at radius 3 is 2.62 bits per heavy atom. The van der Waals surface area contributed by atoms with E-state index < -0.39 is 11.4 Å². The lowest BCUT2D eigenvalue weighted by Crippen LogP contribution is -2.36. The first-order valence-corrected chi connectivity index (χ1v) is 8.09. The van der Waals surface area contributed by atoms with Gasteiger partial charge in [-0.15, -0.1) is 5.10 Å². The number of hydrogen-bond acceptors (Lipinski definition) is 4. The number of carbonyl (C=O) groups is 1. The molecule has 3 rings (SSSR count). The van der Waals surface area contributed by atoms with E-state index in [1.165, 1.54) is 25.7 Å². The van der Waals surface area contributed by atoms with Crippen molar-refractivity contribution >= 4 is 5.97 Å². The summed E-state index contributed by atoms with van der Waals surface area (Å²) >= 11 is 0. The van der Waals surface area contributed by atoms with Crippen molar-refractivity contribution in [2.45, 2.75) is 64.8 Å². The van der Waals surface area contributed by atoms with Crippen molar-refractivity contribution in [2.24, 2.45) is 17.3 Å². The maximum Gasteiger partial charge on any atom is 0.311 e. The van der Waals surface area contributed by atoms with E-state index in [2.05, 4.69) is 15.5 Å². The quantitative estimate of drug-likeness (QED) is 0.871. The van der Waals surface area contributed by atoms with Gasteiger partial charge in [-0.25, -0.2) is 4.68 Å². The van der Waals surface area contributed by atoms with E-state index in [1.807, 2.05) is 13.8 Å². The van der Waals surface area contributed by atoms with Gasteiger partial charge in [-0.05, 0) is 54.4 Å². The minimum absolute atomic E-state index is 0.381. The van der Waals surface area contributed by atoms with Gasteiger partial charge in [0.2, 0.25) is 0 Å². The Bertz CT molecular complexity index is 523. The molecule has 1 N–H and O–H groups in total. The monoisotopic (exact) mass is 292 g/mol. The van der Waals surface area contributed by atoms with Gasteiger partial charge in [0.15, 0.2) is 5.82 Å². The highest BCUT2D eigenvalue weighted by atomic mass is 16.4. The number of nitrogens with zero attached hydrogens (tertiary/aromatic N) is 4. The van der Waals surface area contributed by atoms with Gasteiger partial charge >= 0.3 is 5.97 Å². The highest BCUT2D eigenvalue weighted by Gasteiger charge is 2.44. The van der Waals surface area contributed by atoms with Crippen LogP contribution in [0.1, 0.15) is 64.1 Å².